The lowest BCUT2D eigenvalue weighted by molar-refractivity contribution is 0.102. The van der Waals surface area contributed by atoms with Gasteiger partial charge in [-0.05, 0) is 24.3 Å². The number of nitrogens with one attached hydrogen (secondary N) is 2. The molecule has 1 amide bonds. The highest BCUT2D eigenvalue weighted by Crippen LogP contribution is 2.13. The number of imidazole rings is 1. The number of benzene rings is 1. The van der Waals surface area contributed by atoms with Crippen molar-refractivity contribution in [3.63, 3.8) is 0 Å². The number of amides is 1. The number of fused-ring (bicyclic) bond motifs is 1. The minimum atomic E-state index is -0.307. The van der Waals surface area contributed by atoms with Crippen LogP contribution in [0.1, 0.15) is 10.4 Å². The molecule has 19 heavy (non-hydrogen) atoms. The monoisotopic (exact) mass is 273 g/mol. The van der Waals surface area contributed by atoms with Crippen molar-refractivity contribution in [2.45, 2.75) is 0 Å². The van der Waals surface area contributed by atoms with Gasteiger partial charge in [0, 0.05) is 11.8 Å². The maximum absolute atomic E-state index is 12.0. The Labute approximate surface area is 112 Å². The van der Waals surface area contributed by atoms with Crippen molar-refractivity contribution >= 4 is 34.5 Å². The average Bonchev–Trinajstić information content (AvgIpc) is 2.85. The minimum absolute atomic E-state index is 0.169. The standard InChI is InChI=1S/C12H8ClN5O/c13-10-3-4-14-12(17-10)18-11(19)7-1-2-8-9(5-7)16-6-15-8/h1-6H,(H,15,16)(H,14,17,18,19). The van der Waals surface area contributed by atoms with Crippen LogP contribution in [-0.2, 0) is 0 Å². The Morgan fingerprint density at radius 2 is 2.16 bits per heavy atom. The predicted molar refractivity (Wildman–Crippen MR) is 71.1 cm³/mol. The first kappa shape index (κ1) is 11.6. The molecule has 0 unspecified atom stereocenters. The summed E-state index contributed by atoms with van der Waals surface area (Å²) in [6, 6.07) is 6.69. The fourth-order valence-corrected chi connectivity index (χ4v) is 1.78. The molecule has 2 aromatic heterocycles. The molecule has 0 fully saturated rings. The van der Waals surface area contributed by atoms with Gasteiger partial charge in [-0.25, -0.2) is 15.0 Å². The number of aromatic nitrogens is 4. The van der Waals surface area contributed by atoms with E-state index in [2.05, 4.69) is 25.3 Å². The van der Waals surface area contributed by atoms with Crippen molar-refractivity contribution < 1.29 is 4.79 Å². The summed E-state index contributed by atoms with van der Waals surface area (Å²) in [6.45, 7) is 0. The Bertz CT molecular complexity index is 754. The molecule has 0 spiro atoms. The second kappa shape index (κ2) is 4.66. The molecule has 0 saturated carbocycles. The molecule has 0 aliphatic heterocycles. The Morgan fingerprint density at radius 3 is 3.00 bits per heavy atom. The van der Waals surface area contributed by atoms with Crippen LogP contribution in [0.15, 0.2) is 36.8 Å². The maximum atomic E-state index is 12.0. The van der Waals surface area contributed by atoms with E-state index in [4.69, 9.17) is 11.6 Å². The van der Waals surface area contributed by atoms with Gasteiger partial charge in [-0.15, -0.1) is 0 Å². The number of H-pyrrole nitrogens is 1. The van der Waals surface area contributed by atoms with Gasteiger partial charge in [0.25, 0.3) is 5.91 Å². The van der Waals surface area contributed by atoms with Gasteiger partial charge in [0.1, 0.15) is 5.15 Å². The Balaban J connectivity index is 1.87. The third-order valence-electron chi connectivity index (χ3n) is 2.53. The number of halogens is 1. The first-order chi connectivity index (χ1) is 9.22. The summed E-state index contributed by atoms with van der Waals surface area (Å²) in [5, 5.41) is 2.85. The van der Waals surface area contributed by atoms with Gasteiger partial charge in [0.05, 0.1) is 17.4 Å². The van der Waals surface area contributed by atoms with Crippen molar-refractivity contribution in [1.82, 2.24) is 19.9 Å². The summed E-state index contributed by atoms with van der Waals surface area (Å²) >= 11 is 5.72. The molecule has 2 N–H and O–H groups in total. The lowest BCUT2D eigenvalue weighted by Crippen LogP contribution is -2.14. The molecule has 3 aromatic rings. The van der Waals surface area contributed by atoms with E-state index in [1.807, 2.05) is 0 Å². The fraction of sp³-hybridized carbons (Fsp3) is 0. The van der Waals surface area contributed by atoms with E-state index >= 15 is 0 Å². The second-order valence-electron chi connectivity index (χ2n) is 3.79. The smallest absolute Gasteiger partial charge is 0.258 e. The van der Waals surface area contributed by atoms with Crippen LogP contribution in [0.4, 0.5) is 5.95 Å². The van der Waals surface area contributed by atoms with Gasteiger partial charge in [0.2, 0.25) is 5.95 Å². The van der Waals surface area contributed by atoms with Gasteiger partial charge >= 0.3 is 0 Å². The van der Waals surface area contributed by atoms with Crippen molar-refractivity contribution in [2.24, 2.45) is 0 Å². The highest BCUT2D eigenvalue weighted by molar-refractivity contribution is 6.29. The molecule has 0 aliphatic rings. The quantitative estimate of drug-likeness (QED) is 0.702. The molecule has 1 aromatic carbocycles. The molecular formula is C12H8ClN5O. The van der Waals surface area contributed by atoms with E-state index in [0.29, 0.717) is 5.56 Å². The zero-order chi connectivity index (χ0) is 13.2. The fourth-order valence-electron chi connectivity index (χ4n) is 1.65. The number of carbonyl (C=O) groups is 1. The summed E-state index contributed by atoms with van der Waals surface area (Å²) in [5.41, 5.74) is 2.08. The van der Waals surface area contributed by atoms with Gasteiger partial charge in [-0.2, -0.15) is 0 Å². The molecular weight excluding hydrogens is 266 g/mol. The summed E-state index contributed by atoms with van der Waals surface area (Å²) in [7, 11) is 0. The first-order valence-electron chi connectivity index (χ1n) is 5.45. The van der Waals surface area contributed by atoms with Crippen LogP contribution < -0.4 is 5.32 Å². The SMILES string of the molecule is O=C(Nc1nccc(Cl)n1)c1ccc2nc[nH]c2c1. The minimum Gasteiger partial charge on any atom is -0.345 e. The third-order valence-corrected chi connectivity index (χ3v) is 2.74. The van der Waals surface area contributed by atoms with Crippen molar-refractivity contribution in [3.8, 4) is 0 Å². The van der Waals surface area contributed by atoms with E-state index in [-0.39, 0.29) is 17.0 Å². The lowest BCUT2D eigenvalue weighted by Gasteiger charge is -2.03. The molecule has 7 heteroatoms. The van der Waals surface area contributed by atoms with Crippen LogP contribution >= 0.6 is 11.6 Å². The first-order valence-corrected chi connectivity index (χ1v) is 5.83. The van der Waals surface area contributed by atoms with Crippen molar-refractivity contribution in [3.05, 3.63) is 47.5 Å². The molecule has 2 heterocycles. The lowest BCUT2D eigenvalue weighted by atomic mass is 10.2. The highest BCUT2D eigenvalue weighted by atomic mass is 35.5. The number of hydrogen-bond acceptors (Lipinski definition) is 4. The summed E-state index contributed by atoms with van der Waals surface area (Å²) in [6.07, 6.45) is 3.05. The molecule has 6 nitrogen and oxygen atoms in total. The van der Waals surface area contributed by atoms with E-state index in [1.165, 1.54) is 12.3 Å². The normalized spacial score (nSPS) is 10.6. The number of aromatic amines is 1. The predicted octanol–water partition coefficient (Wildman–Crippen LogP) is 2.26. The molecule has 94 valence electrons. The zero-order valence-electron chi connectivity index (χ0n) is 9.59. The van der Waals surface area contributed by atoms with E-state index in [0.717, 1.165) is 11.0 Å². The van der Waals surface area contributed by atoms with Crippen LogP contribution in [0.2, 0.25) is 5.15 Å². The average molecular weight is 274 g/mol. The highest BCUT2D eigenvalue weighted by Gasteiger charge is 2.09. The maximum Gasteiger partial charge on any atom is 0.258 e. The number of anilines is 1. The van der Waals surface area contributed by atoms with E-state index < -0.39 is 0 Å². The molecule has 0 saturated heterocycles. The molecule has 0 bridgehead atoms. The van der Waals surface area contributed by atoms with E-state index in [1.54, 1.807) is 24.5 Å². The van der Waals surface area contributed by atoms with Gasteiger partial charge in [-0.1, -0.05) is 11.6 Å². The third kappa shape index (κ3) is 2.38. The Kier molecular flexibility index (Phi) is 2.85. The van der Waals surface area contributed by atoms with Gasteiger partial charge in [-0.3, -0.25) is 10.1 Å². The Morgan fingerprint density at radius 1 is 1.26 bits per heavy atom. The van der Waals surface area contributed by atoms with Crippen molar-refractivity contribution in [1.29, 1.82) is 0 Å². The Hall–Kier alpha value is -2.47. The van der Waals surface area contributed by atoms with Gasteiger partial charge in [0.15, 0.2) is 0 Å². The molecule has 0 atom stereocenters. The van der Waals surface area contributed by atoms with Crippen molar-refractivity contribution in [2.75, 3.05) is 5.32 Å². The summed E-state index contributed by atoms with van der Waals surface area (Å²) in [4.78, 5) is 26.9. The molecule has 3 rings (SSSR count). The zero-order valence-corrected chi connectivity index (χ0v) is 10.3. The van der Waals surface area contributed by atoms with Crippen LogP contribution in [0.3, 0.4) is 0 Å². The van der Waals surface area contributed by atoms with Crippen LogP contribution in [0, 0.1) is 0 Å². The molecule has 0 aliphatic carbocycles. The number of rotatable bonds is 2. The van der Waals surface area contributed by atoms with E-state index in [9.17, 15) is 4.79 Å². The number of nitrogens with zero attached hydrogens (tertiary/aromatic N) is 3. The largest absolute Gasteiger partial charge is 0.345 e. The summed E-state index contributed by atoms with van der Waals surface area (Å²) in [5.74, 6) is -0.138. The topological polar surface area (TPSA) is 83.6 Å². The van der Waals surface area contributed by atoms with Crippen LogP contribution in [-0.4, -0.2) is 25.8 Å². The van der Waals surface area contributed by atoms with Crippen LogP contribution in [0.25, 0.3) is 11.0 Å². The number of carbonyl (C=O) groups excluding carboxylic acids is 1. The molecule has 0 radical (unpaired) electrons. The van der Waals surface area contributed by atoms with Gasteiger partial charge < -0.3 is 4.98 Å². The van der Waals surface area contributed by atoms with Crippen LogP contribution in [0.5, 0.6) is 0 Å². The summed E-state index contributed by atoms with van der Waals surface area (Å²) < 4.78 is 0. The second-order valence-corrected chi connectivity index (χ2v) is 4.18. The number of hydrogen-bond donors (Lipinski definition) is 2.